The lowest BCUT2D eigenvalue weighted by atomic mass is 10.3. The lowest BCUT2D eigenvalue weighted by molar-refractivity contribution is -0.113. The minimum Gasteiger partial charge on any atom is -0.310 e. The van der Waals surface area contributed by atoms with E-state index >= 15 is 0 Å². The number of nitrogens with zero attached hydrogens (tertiary/aromatic N) is 4. The van der Waals surface area contributed by atoms with Crippen LogP contribution < -0.4 is 5.32 Å². The van der Waals surface area contributed by atoms with E-state index in [0.717, 1.165) is 10.3 Å². The fraction of sp³-hybridized carbons (Fsp3) is 0.176. The smallest absolute Gasteiger partial charge is 0.236 e. The third kappa shape index (κ3) is 5.03. The molecule has 3 aromatic heterocycles. The summed E-state index contributed by atoms with van der Waals surface area (Å²) in [5, 5.41) is 14.0. The molecule has 9 heteroatoms. The summed E-state index contributed by atoms with van der Waals surface area (Å²) >= 11 is 6.35. The molecule has 0 fully saturated rings. The number of hydrogen-bond acceptors (Lipinski definition) is 6. The largest absolute Gasteiger partial charge is 0.310 e. The fourth-order valence-corrected chi connectivity index (χ4v) is 3.90. The quantitative estimate of drug-likeness (QED) is 0.415. The van der Waals surface area contributed by atoms with Gasteiger partial charge in [0.05, 0.1) is 5.75 Å². The zero-order chi connectivity index (χ0) is 18.4. The average molecular weight is 450 g/mol. The average Bonchev–Trinajstić information content (AvgIpc) is 3.27. The van der Waals surface area contributed by atoms with Crippen LogP contribution in [-0.2, 0) is 17.8 Å². The number of nitrogens with one attached hydrogen (secondary N) is 1. The van der Waals surface area contributed by atoms with Crippen molar-refractivity contribution in [3.05, 3.63) is 63.7 Å². The first-order chi connectivity index (χ1) is 12.7. The molecule has 0 aliphatic carbocycles. The van der Waals surface area contributed by atoms with Crippen molar-refractivity contribution in [1.29, 1.82) is 0 Å². The first-order valence-electron chi connectivity index (χ1n) is 7.75. The van der Waals surface area contributed by atoms with Crippen LogP contribution >= 0.6 is 39.0 Å². The lowest BCUT2D eigenvalue weighted by Gasteiger charge is -2.07. The van der Waals surface area contributed by atoms with E-state index in [1.54, 1.807) is 29.7 Å². The summed E-state index contributed by atoms with van der Waals surface area (Å²) in [6.45, 7) is 4.40. The summed E-state index contributed by atoms with van der Waals surface area (Å²) in [6.07, 6.45) is 4.16. The van der Waals surface area contributed by atoms with Gasteiger partial charge in [0.25, 0.3) is 0 Å². The van der Waals surface area contributed by atoms with E-state index in [1.807, 2.05) is 22.1 Å². The van der Waals surface area contributed by atoms with Gasteiger partial charge in [0.1, 0.15) is 11.6 Å². The predicted molar refractivity (Wildman–Crippen MR) is 109 cm³/mol. The highest BCUT2D eigenvalue weighted by molar-refractivity contribution is 9.10. The number of allylic oxidation sites excluding steroid dienone is 1. The Morgan fingerprint density at radius 2 is 2.27 bits per heavy atom. The van der Waals surface area contributed by atoms with Gasteiger partial charge in [0, 0.05) is 28.5 Å². The summed E-state index contributed by atoms with van der Waals surface area (Å²) in [6, 6.07) is 7.66. The number of thioether (sulfide) groups is 1. The molecular formula is C17H16BrN5OS2. The Kier molecular flexibility index (Phi) is 6.59. The molecule has 0 radical (unpaired) electrons. The monoisotopic (exact) mass is 449 g/mol. The van der Waals surface area contributed by atoms with Crippen molar-refractivity contribution >= 4 is 50.8 Å². The summed E-state index contributed by atoms with van der Waals surface area (Å²) in [4.78, 5) is 17.5. The van der Waals surface area contributed by atoms with Gasteiger partial charge in [0.15, 0.2) is 5.16 Å². The van der Waals surface area contributed by atoms with Crippen molar-refractivity contribution in [3.63, 3.8) is 0 Å². The number of anilines is 1. The predicted octanol–water partition coefficient (Wildman–Crippen LogP) is 4.00. The number of carbonyl (C=O) groups excluding carboxylic acids is 1. The van der Waals surface area contributed by atoms with Gasteiger partial charge in [0.2, 0.25) is 5.91 Å². The Hall–Kier alpha value is -1.97. The molecule has 0 saturated heterocycles. The van der Waals surface area contributed by atoms with Crippen molar-refractivity contribution in [2.75, 3.05) is 11.1 Å². The Balaban J connectivity index is 1.63. The zero-order valence-electron chi connectivity index (χ0n) is 13.8. The minimum atomic E-state index is -0.141. The van der Waals surface area contributed by atoms with Crippen molar-refractivity contribution in [1.82, 2.24) is 19.7 Å². The highest BCUT2D eigenvalue weighted by atomic mass is 79.9. The molecule has 3 heterocycles. The Bertz CT molecular complexity index is 877. The minimum absolute atomic E-state index is 0.141. The molecule has 0 saturated carbocycles. The van der Waals surface area contributed by atoms with Gasteiger partial charge >= 0.3 is 0 Å². The van der Waals surface area contributed by atoms with Crippen molar-refractivity contribution < 1.29 is 4.79 Å². The van der Waals surface area contributed by atoms with Gasteiger partial charge in [-0.3, -0.25) is 4.79 Å². The second-order valence-electron chi connectivity index (χ2n) is 5.25. The van der Waals surface area contributed by atoms with Crippen LogP contribution in [-0.4, -0.2) is 31.4 Å². The van der Waals surface area contributed by atoms with E-state index in [0.29, 0.717) is 23.9 Å². The second kappa shape index (κ2) is 9.11. The molecule has 1 N–H and O–H groups in total. The van der Waals surface area contributed by atoms with Gasteiger partial charge in [-0.1, -0.05) is 23.9 Å². The molecule has 3 aromatic rings. The Morgan fingerprint density at radius 3 is 2.96 bits per heavy atom. The van der Waals surface area contributed by atoms with Gasteiger partial charge in [-0.2, -0.15) is 0 Å². The Labute approximate surface area is 167 Å². The molecule has 0 atom stereocenters. The third-order valence-electron chi connectivity index (χ3n) is 3.34. The lowest BCUT2D eigenvalue weighted by Crippen LogP contribution is -2.15. The maximum atomic E-state index is 12.1. The van der Waals surface area contributed by atoms with E-state index in [1.165, 1.54) is 16.6 Å². The summed E-state index contributed by atoms with van der Waals surface area (Å²) < 4.78 is 2.85. The van der Waals surface area contributed by atoms with E-state index in [9.17, 15) is 4.79 Å². The summed E-state index contributed by atoms with van der Waals surface area (Å²) in [7, 11) is 0. The first-order valence-corrected chi connectivity index (χ1v) is 10.4. The van der Waals surface area contributed by atoms with Crippen LogP contribution in [0.1, 0.15) is 10.7 Å². The van der Waals surface area contributed by atoms with Crippen LogP contribution in [0.5, 0.6) is 0 Å². The molecule has 0 aliphatic heterocycles. The van der Waals surface area contributed by atoms with Gasteiger partial charge in [-0.05, 0) is 39.5 Å². The number of amides is 1. The highest BCUT2D eigenvalue weighted by Gasteiger charge is 2.14. The SMILES string of the molecule is C=CCn1c(Cc2cccs2)nnc1SCC(=O)Nc1ccc(Br)cn1. The molecule has 0 bridgehead atoms. The first kappa shape index (κ1) is 18.8. The maximum absolute atomic E-state index is 12.1. The molecule has 0 unspecified atom stereocenters. The van der Waals surface area contributed by atoms with Gasteiger partial charge in [-0.15, -0.1) is 28.1 Å². The molecule has 6 nitrogen and oxygen atoms in total. The number of pyridine rings is 1. The number of hydrogen-bond donors (Lipinski definition) is 1. The molecule has 3 rings (SSSR count). The van der Waals surface area contributed by atoms with E-state index in [4.69, 9.17) is 0 Å². The number of rotatable bonds is 8. The van der Waals surface area contributed by atoms with Crippen LogP contribution in [0.2, 0.25) is 0 Å². The zero-order valence-corrected chi connectivity index (χ0v) is 17.0. The highest BCUT2D eigenvalue weighted by Crippen LogP contribution is 2.21. The van der Waals surface area contributed by atoms with Crippen LogP contribution in [0.4, 0.5) is 5.82 Å². The van der Waals surface area contributed by atoms with Gasteiger partial charge < -0.3 is 9.88 Å². The number of aromatic nitrogens is 4. The van der Waals surface area contributed by atoms with E-state index in [-0.39, 0.29) is 11.7 Å². The maximum Gasteiger partial charge on any atom is 0.236 e. The van der Waals surface area contributed by atoms with Crippen LogP contribution in [0.3, 0.4) is 0 Å². The van der Waals surface area contributed by atoms with Crippen molar-refractivity contribution in [3.8, 4) is 0 Å². The third-order valence-corrected chi connectivity index (χ3v) is 5.66. The van der Waals surface area contributed by atoms with E-state index in [2.05, 4.69) is 49.1 Å². The molecule has 0 aromatic carbocycles. The molecular weight excluding hydrogens is 434 g/mol. The number of halogens is 1. The topological polar surface area (TPSA) is 72.7 Å². The Morgan fingerprint density at radius 1 is 1.38 bits per heavy atom. The molecule has 0 aliphatic rings. The summed E-state index contributed by atoms with van der Waals surface area (Å²) in [5.41, 5.74) is 0. The standard InChI is InChI=1S/C17H16BrN5OS2/c1-2-7-23-15(9-13-4-3-8-25-13)21-22-17(23)26-11-16(24)20-14-6-5-12(18)10-19-14/h2-6,8,10H,1,7,9,11H2,(H,19,20,24). The second-order valence-corrected chi connectivity index (χ2v) is 8.14. The number of thiophene rings is 1. The van der Waals surface area contributed by atoms with Crippen molar-refractivity contribution in [2.24, 2.45) is 0 Å². The van der Waals surface area contributed by atoms with Gasteiger partial charge in [-0.25, -0.2) is 4.98 Å². The molecule has 0 spiro atoms. The van der Waals surface area contributed by atoms with Crippen LogP contribution in [0.25, 0.3) is 0 Å². The molecule has 1 amide bonds. The fourth-order valence-electron chi connectivity index (χ4n) is 2.20. The van der Waals surface area contributed by atoms with Crippen molar-refractivity contribution in [2.45, 2.75) is 18.1 Å². The molecule has 26 heavy (non-hydrogen) atoms. The van der Waals surface area contributed by atoms with Crippen LogP contribution in [0, 0.1) is 0 Å². The normalized spacial score (nSPS) is 10.7. The van der Waals surface area contributed by atoms with E-state index < -0.39 is 0 Å². The summed E-state index contributed by atoms with van der Waals surface area (Å²) in [5.74, 6) is 1.47. The molecule has 134 valence electrons. The number of carbonyl (C=O) groups is 1. The van der Waals surface area contributed by atoms with Crippen LogP contribution in [0.15, 0.2) is 58.1 Å².